The van der Waals surface area contributed by atoms with Crippen molar-refractivity contribution in [3.8, 4) is 0 Å². The third kappa shape index (κ3) is 9.48. The lowest BCUT2D eigenvalue weighted by Crippen LogP contribution is -2.39. The maximum atomic E-state index is 11.5. The van der Waals surface area contributed by atoms with Gasteiger partial charge in [0.25, 0.3) is 0 Å². The zero-order valence-electron chi connectivity index (χ0n) is 13.9. The van der Waals surface area contributed by atoms with Gasteiger partial charge < -0.3 is 10.6 Å². The van der Waals surface area contributed by atoms with Crippen LogP contribution in [0.2, 0.25) is 0 Å². The summed E-state index contributed by atoms with van der Waals surface area (Å²) in [5.74, 6) is 0.760. The van der Waals surface area contributed by atoms with Crippen LogP contribution in [-0.4, -0.2) is 51.1 Å². The van der Waals surface area contributed by atoms with E-state index >= 15 is 0 Å². The van der Waals surface area contributed by atoms with Crippen molar-refractivity contribution in [2.45, 2.75) is 26.8 Å². The molecule has 6 nitrogen and oxygen atoms in total. The van der Waals surface area contributed by atoms with Crippen LogP contribution >= 0.6 is 35.3 Å². The molecule has 0 aliphatic heterocycles. The summed E-state index contributed by atoms with van der Waals surface area (Å²) in [5.41, 5.74) is 1.19. The summed E-state index contributed by atoms with van der Waals surface area (Å²) < 4.78 is 24.5. The van der Waals surface area contributed by atoms with Crippen LogP contribution in [0.3, 0.4) is 0 Å². The minimum absolute atomic E-state index is 0. The molecule has 23 heavy (non-hydrogen) atoms. The van der Waals surface area contributed by atoms with Gasteiger partial charge in [0, 0.05) is 26.2 Å². The van der Waals surface area contributed by atoms with Crippen LogP contribution in [0.25, 0.3) is 0 Å². The van der Waals surface area contributed by atoms with Gasteiger partial charge in [-0.25, -0.2) is 17.7 Å². The lowest BCUT2D eigenvalue weighted by atomic mass is 10.3. The summed E-state index contributed by atoms with van der Waals surface area (Å²) in [6.07, 6.45) is 1.99. The first-order valence-corrected chi connectivity index (χ1v) is 10.2. The van der Waals surface area contributed by atoms with Gasteiger partial charge in [0.05, 0.1) is 12.8 Å². The quantitative estimate of drug-likeness (QED) is 0.249. The molecule has 1 rings (SSSR count). The molecule has 0 atom stereocenters. The van der Waals surface area contributed by atoms with Gasteiger partial charge in [-0.2, -0.15) is 11.3 Å². The summed E-state index contributed by atoms with van der Waals surface area (Å²) in [7, 11) is -3.10. The van der Waals surface area contributed by atoms with Crippen molar-refractivity contribution in [1.82, 2.24) is 14.9 Å². The van der Waals surface area contributed by atoms with E-state index in [1.165, 1.54) is 16.1 Å². The average molecular weight is 474 g/mol. The molecule has 0 amide bonds. The van der Waals surface area contributed by atoms with Gasteiger partial charge in [-0.15, -0.1) is 24.0 Å². The molecule has 0 saturated carbocycles. The lowest BCUT2D eigenvalue weighted by Gasteiger charge is -2.18. The molecule has 1 aromatic heterocycles. The Balaban J connectivity index is 0.00000484. The second-order valence-corrected chi connectivity index (χ2v) is 7.62. The van der Waals surface area contributed by atoms with Gasteiger partial charge in [-0.05, 0) is 35.7 Å². The Morgan fingerprint density at radius 3 is 2.61 bits per heavy atom. The lowest BCUT2D eigenvalue weighted by molar-refractivity contribution is 0.424. The van der Waals surface area contributed by atoms with Crippen LogP contribution in [0.1, 0.15) is 25.8 Å². The summed E-state index contributed by atoms with van der Waals surface area (Å²) in [4.78, 5) is 4.51. The molecule has 0 aromatic carbocycles. The molecule has 134 valence electrons. The van der Waals surface area contributed by atoms with Crippen LogP contribution in [0.5, 0.6) is 0 Å². The van der Waals surface area contributed by atoms with Crippen molar-refractivity contribution in [3.05, 3.63) is 22.4 Å². The monoisotopic (exact) mass is 474 g/mol. The fourth-order valence-electron chi connectivity index (χ4n) is 1.92. The number of nitrogens with zero attached hydrogens (tertiary/aromatic N) is 2. The summed E-state index contributed by atoms with van der Waals surface area (Å²) in [5, 5.41) is 10.5. The topological polar surface area (TPSA) is 73.8 Å². The Hall–Kier alpha value is -0.390. The fourth-order valence-corrected chi connectivity index (χ4v) is 3.50. The van der Waals surface area contributed by atoms with E-state index in [2.05, 4.69) is 27.1 Å². The van der Waals surface area contributed by atoms with Gasteiger partial charge in [-0.3, -0.25) is 0 Å². The van der Waals surface area contributed by atoms with Crippen molar-refractivity contribution in [2.75, 3.05) is 32.4 Å². The van der Waals surface area contributed by atoms with Crippen LogP contribution in [0.4, 0.5) is 0 Å². The molecule has 0 saturated heterocycles. The summed E-state index contributed by atoms with van der Waals surface area (Å²) >= 11 is 1.66. The third-order valence-corrected chi connectivity index (χ3v) is 5.15. The third-order valence-electron chi connectivity index (χ3n) is 3.04. The van der Waals surface area contributed by atoms with E-state index in [1.54, 1.807) is 11.3 Å². The number of aliphatic imine (C=N–C) groups is 1. The van der Waals surface area contributed by atoms with E-state index in [0.717, 1.165) is 18.9 Å². The van der Waals surface area contributed by atoms with Gasteiger partial charge in [0.2, 0.25) is 10.0 Å². The Labute approximate surface area is 160 Å². The zero-order chi connectivity index (χ0) is 16.4. The number of halogens is 1. The van der Waals surface area contributed by atoms with E-state index in [9.17, 15) is 8.42 Å². The van der Waals surface area contributed by atoms with E-state index in [4.69, 9.17) is 0 Å². The highest BCUT2D eigenvalue weighted by Crippen LogP contribution is 2.06. The molecule has 0 aliphatic carbocycles. The molecule has 0 unspecified atom stereocenters. The average Bonchev–Trinajstić information content (AvgIpc) is 2.96. The van der Waals surface area contributed by atoms with E-state index in [0.29, 0.717) is 26.2 Å². The van der Waals surface area contributed by atoms with Gasteiger partial charge in [0.15, 0.2) is 5.96 Å². The van der Waals surface area contributed by atoms with Crippen LogP contribution in [-0.2, 0) is 16.6 Å². The fraction of sp³-hybridized carbons (Fsp3) is 0.643. The summed E-state index contributed by atoms with van der Waals surface area (Å²) in [6.45, 7) is 7.01. The number of hydrogen-bond acceptors (Lipinski definition) is 4. The second kappa shape index (κ2) is 12.0. The van der Waals surface area contributed by atoms with Gasteiger partial charge in [-0.1, -0.05) is 6.92 Å². The predicted molar refractivity (Wildman–Crippen MR) is 109 cm³/mol. The Kier molecular flexibility index (Phi) is 11.8. The largest absolute Gasteiger partial charge is 0.357 e. The van der Waals surface area contributed by atoms with Crippen molar-refractivity contribution in [3.63, 3.8) is 0 Å². The molecule has 0 fully saturated rings. The van der Waals surface area contributed by atoms with Crippen LogP contribution in [0.15, 0.2) is 21.8 Å². The standard InChI is InChI=1S/C14H26N4O2S2.HI/c1-4-15-14(17-11-13-7-10-21-12-13)16-8-6-9-18(5-2)22(3,19)20;/h7,10,12H,4-6,8-9,11H2,1-3H3,(H2,15,16,17);1H. The molecule has 0 aliphatic rings. The normalized spacial score (nSPS) is 12.1. The Morgan fingerprint density at radius 1 is 1.35 bits per heavy atom. The van der Waals surface area contributed by atoms with Crippen molar-refractivity contribution < 1.29 is 8.42 Å². The van der Waals surface area contributed by atoms with Gasteiger partial charge in [0.1, 0.15) is 0 Å². The molecular formula is C14H27IN4O2S2. The first-order chi connectivity index (χ1) is 10.5. The number of nitrogens with one attached hydrogen (secondary N) is 2. The number of sulfonamides is 1. The maximum absolute atomic E-state index is 11.5. The maximum Gasteiger partial charge on any atom is 0.211 e. The number of thiophene rings is 1. The number of hydrogen-bond donors (Lipinski definition) is 2. The first kappa shape index (κ1) is 22.6. The Bertz CT molecular complexity index is 547. The smallest absolute Gasteiger partial charge is 0.211 e. The highest BCUT2D eigenvalue weighted by atomic mass is 127. The van der Waals surface area contributed by atoms with E-state index in [-0.39, 0.29) is 24.0 Å². The molecule has 0 spiro atoms. The molecule has 0 bridgehead atoms. The second-order valence-electron chi connectivity index (χ2n) is 4.86. The molecule has 9 heteroatoms. The predicted octanol–water partition coefficient (Wildman–Crippen LogP) is 2.09. The molecule has 1 heterocycles. The van der Waals surface area contributed by atoms with E-state index < -0.39 is 10.0 Å². The van der Waals surface area contributed by atoms with Crippen molar-refractivity contribution >= 4 is 51.3 Å². The van der Waals surface area contributed by atoms with Crippen molar-refractivity contribution in [2.24, 2.45) is 4.99 Å². The first-order valence-electron chi connectivity index (χ1n) is 7.45. The molecule has 1 aromatic rings. The Morgan fingerprint density at radius 2 is 2.09 bits per heavy atom. The number of guanidine groups is 1. The van der Waals surface area contributed by atoms with Crippen molar-refractivity contribution in [1.29, 1.82) is 0 Å². The zero-order valence-corrected chi connectivity index (χ0v) is 17.9. The molecule has 2 N–H and O–H groups in total. The SMILES string of the molecule is CCNC(=NCc1ccsc1)NCCCN(CC)S(C)(=O)=O.I. The minimum atomic E-state index is -3.10. The highest BCUT2D eigenvalue weighted by Gasteiger charge is 2.13. The number of rotatable bonds is 9. The highest BCUT2D eigenvalue weighted by molar-refractivity contribution is 14.0. The van der Waals surface area contributed by atoms with Gasteiger partial charge >= 0.3 is 0 Å². The van der Waals surface area contributed by atoms with Crippen LogP contribution in [0, 0.1) is 0 Å². The molecule has 0 radical (unpaired) electrons. The van der Waals surface area contributed by atoms with Crippen LogP contribution < -0.4 is 10.6 Å². The van der Waals surface area contributed by atoms with E-state index in [1.807, 2.05) is 19.2 Å². The minimum Gasteiger partial charge on any atom is -0.357 e. The molecular weight excluding hydrogens is 447 g/mol. The summed E-state index contributed by atoms with van der Waals surface area (Å²) in [6, 6.07) is 2.06.